The molecule has 0 aliphatic rings. The van der Waals surface area contributed by atoms with Gasteiger partial charge < -0.3 is 0 Å². The van der Waals surface area contributed by atoms with E-state index < -0.39 is 0 Å². The highest BCUT2D eigenvalue weighted by atomic mass is 13.6. The predicted octanol–water partition coefficient (Wildman–Crippen LogP) is 2.94. The topological polar surface area (TPSA) is 0 Å². The van der Waals surface area contributed by atoms with Crippen molar-refractivity contribution in [2.75, 3.05) is 0 Å². The van der Waals surface area contributed by atoms with Crippen LogP contribution >= 0.6 is 0 Å². The molecule has 1 aromatic rings. The zero-order valence-corrected chi connectivity index (χ0v) is 6.38. The van der Waals surface area contributed by atoms with Crippen molar-refractivity contribution >= 4 is 0 Å². The van der Waals surface area contributed by atoms with Crippen LogP contribution in [-0.4, -0.2) is 0 Å². The number of rotatable bonds is 0. The van der Waals surface area contributed by atoms with Crippen molar-refractivity contribution in [3.63, 3.8) is 0 Å². The van der Waals surface area contributed by atoms with Crippen LogP contribution < -0.4 is 0 Å². The van der Waals surface area contributed by atoms with Crippen LogP contribution in [0.3, 0.4) is 0 Å². The van der Waals surface area contributed by atoms with Gasteiger partial charge in [-0.1, -0.05) is 43.8 Å². The largest absolute Gasteiger partial charge is 0.103 e. The maximum Gasteiger partial charge on any atom is -0.0184 e. The molecule has 0 amide bonds. The highest BCUT2D eigenvalue weighted by molar-refractivity contribution is 4.97. The Morgan fingerprint density at radius 2 is 1.50 bits per heavy atom. The van der Waals surface area contributed by atoms with Gasteiger partial charge in [0.25, 0.3) is 0 Å². The molecule has 0 heterocycles. The molecule has 10 heavy (non-hydrogen) atoms. The van der Waals surface area contributed by atoms with Crippen molar-refractivity contribution in [3.8, 4) is 0 Å². The molecule has 0 N–H and O–H groups in total. The van der Waals surface area contributed by atoms with Crippen LogP contribution in [0.25, 0.3) is 0 Å². The van der Waals surface area contributed by atoms with Crippen LogP contribution in [0, 0.1) is 20.4 Å². The molecule has 0 saturated carbocycles. The van der Waals surface area contributed by atoms with Crippen LogP contribution in [0.15, 0.2) is 43.0 Å². The van der Waals surface area contributed by atoms with Crippen molar-refractivity contribution in [1.29, 1.82) is 0 Å². The summed E-state index contributed by atoms with van der Waals surface area (Å²) in [4.78, 5) is 0. The van der Waals surface area contributed by atoms with E-state index in [0.717, 1.165) is 0 Å². The molecule has 0 aromatic heterocycles. The first-order valence-electron chi connectivity index (χ1n) is 2.73. The van der Waals surface area contributed by atoms with E-state index in [-0.39, 0.29) is 7.43 Å². The molecule has 0 unspecified atom stereocenters. The molecule has 1 aromatic carbocycles. The molecule has 0 aliphatic carbocycles. The van der Waals surface area contributed by atoms with Gasteiger partial charge in [0.05, 0.1) is 0 Å². The lowest BCUT2D eigenvalue weighted by molar-refractivity contribution is 1.70. The van der Waals surface area contributed by atoms with Gasteiger partial charge in [0, 0.05) is 0 Å². The third-order valence-electron chi connectivity index (χ3n) is 0.607. The molecule has 0 nitrogen and oxygen atoms in total. The van der Waals surface area contributed by atoms with Gasteiger partial charge in [-0.3, -0.25) is 0 Å². The smallest absolute Gasteiger partial charge is 0.0184 e. The van der Waals surface area contributed by atoms with Crippen molar-refractivity contribution < 1.29 is 0 Å². The number of hydrogen-bond acceptors (Lipinski definition) is 0. The normalized spacial score (nSPS) is 6.10. The first-order valence-corrected chi connectivity index (χ1v) is 2.73. The Morgan fingerprint density at radius 3 is 1.60 bits per heavy atom. The lowest BCUT2D eigenvalue weighted by atomic mass is 10.4. The van der Waals surface area contributed by atoms with Crippen molar-refractivity contribution in [2.24, 2.45) is 0 Å². The molecular formula is C10H13. The van der Waals surface area contributed by atoms with E-state index in [4.69, 9.17) is 0 Å². The minimum atomic E-state index is 0. The fourth-order valence-corrected chi connectivity index (χ4v) is 0.342. The monoisotopic (exact) mass is 133 g/mol. The van der Waals surface area contributed by atoms with Gasteiger partial charge in [-0.25, -0.2) is 0 Å². The SMILES string of the molecule is [CH2]C=C.[CH3].[c]1ccccc1. The summed E-state index contributed by atoms with van der Waals surface area (Å²) in [7, 11) is 0. The van der Waals surface area contributed by atoms with E-state index in [1.807, 2.05) is 30.3 Å². The Bertz CT molecular complexity index is 103. The van der Waals surface area contributed by atoms with E-state index in [1.165, 1.54) is 6.08 Å². The Balaban J connectivity index is 0. The van der Waals surface area contributed by atoms with Crippen LogP contribution in [-0.2, 0) is 0 Å². The van der Waals surface area contributed by atoms with Crippen molar-refractivity contribution in [2.45, 2.75) is 0 Å². The number of benzene rings is 1. The average molecular weight is 133 g/mol. The van der Waals surface area contributed by atoms with E-state index in [2.05, 4.69) is 19.6 Å². The van der Waals surface area contributed by atoms with E-state index in [0.29, 0.717) is 0 Å². The number of allylic oxidation sites excluding steroid dienone is 1. The fourth-order valence-electron chi connectivity index (χ4n) is 0.342. The van der Waals surface area contributed by atoms with E-state index in [9.17, 15) is 0 Å². The van der Waals surface area contributed by atoms with Crippen LogP contribution in [0.2, 0.25) is 0 Å². The molecule has 0 atom stereocenters. The van der Waals surface area contributed by atoms with Crippen LogP contribution in [0.1, 0.15) is 0 Å². The summed E-state index contributed by atoms with van der Waals surface area (Å²) in [6.45, 7) is 6.50. The second-order valence-electron chi connectivity index (χ2n) is 1.37. The minimum Gasteiger partial charge on any atom is -0.103 e. The van der Waals surface area contributed by atoms with Gasteiger partial charge >= 0.3 is 0 Å². The van der Waals surface area contributed by atoms with E-state index >= 15 is 0 Å². The van der Waals surface area contributed by atoms with Crippen LogP contribution in [0.5, 0.6) is 0 Å². The third kappa shape index (κ3) is 10.0. The summed E-state index contributed by atoms with van der Waals surface area (Å²) in [6, 6.07) is 12.5. The quantitative estimate of drug-likeness (QED) is 0.510. The lowest BCUT2D eigenvalue weighted by Crippen LogP contribution is -1.49. The summed E-state index contributed by atoms with van der Waals surface area (Å²) in [5.74, 6) is 0. The molecule has 0 aliphatic heterocycles. The fraction of sp³-hybridized carbons (Fsp3) is 0. The lowest BCUT2D eigenvalue weighted by Gasteiger charge is -1.68. The maximum atomic E-state index is 3.25. The summed E-state index contributed by atoms with van der Waals surface area (Å²) in [5, 5.41) is 0. The molecule has 1 rings (SSSR count). The maximum absolute atomic E-state index is 3.25. The standard InChI is InChI=1S/C6H5.C3H5.CH3/c1-2-4-6-5-3-1;1-3-2;/h1-5H;3H,1-2H2;1H3. The van der Waals surface area contributed by atoms with Gasteiger partial charge in [0.15, 0.2) is 0 Å². The Hall–Kier alpha value is -1.04. The highest BCUT2D eigenvalue weighted by Crippen LogP contribution is 1.78. The molecule has 0 fully saturated rings. The zero-order valence-electron chi connectivity index (χ0n) is 6.38. The van der Waals surface area contributed by atoms with Gasteiger partial charge in [-0.15, -0.1) is 6.58 Å². The Kier molecular flexibility index (Phi) is 12.7. The highest BCUT2D eigenvalue weighted by Gasteiger charge is 1.58. The van der Waals surface area contributed by atoms with Gasteiger partial charge in [-0.05, 0) is 13.0 Å². The summed E-state index contributed by atoms with van der Waals surface area (Å²) < 4.78 is 0. The molecule has 0 spiro atoms. The average Bonchev–Trinajstić information content (AvgIpc) is 1.93. The molecule has 0 saturated heterocycles. The second-order valence-corrected chi connectivity index (χ2v) is 1.37. The van der Waals surface area contributed by atoms with Crippen molar-refractivity contribution in [3.05, 3.63) is 63.4 Å². The molecule has 53 valence electrons. The first kappa shape index (κ1) is 11.7. The van der Waals surface area contributed by atoms with Gasteiger partial charge in [0.1, 0.15) is 0 Å². The Morgan fingerprint density at radius 1 is 1.10 bits per heavy atom. The summed E-state index contributed by atoms with van der Waals surface area (Å²) in [6.07, 6.45) is 1.50. The Labute approximate surface area is 64.2 Å². The predicted molar refractivity (Wildman–Crippen MR) is 47.2 cm³/mol. The molecule has 3 radical (unpaired) electrons. The zero-order chi connectivity index (χ0) is 6.95. The molecule has 0 bridgehead atoms. The minimum absolute atomic E-state index is 0. The molecular weight excluding hydrogens is 120 g/mol. The van der Waals surface area contributed by atoms with E-state index in [1.54, 1.807) is 0 Å². The summed E-state index contributed by atoms with van der Waals surface area (Å²) >= 11 is 0. The number of hydrogen-bond donors (Lipinski definition) is 0. The van der Waals surface area contributed by atoms with Crippen molar-refractivity contribution in [1.82, 2.24) is 0 Å². The van der Waals surface area contributed by atoms with Crippen LogP contribution in [0.4, 0.5) is 0 Å². The third-order valence-corrected chi connectivity index (χ3v) is 0.607. The van der Waals surface area contributed by atoms with Gasteiger partial charge in [-0.2, -0.15) is 0 Å². The van der Waals surface area contributed by atoms with Gasteiger partial charge in [0.2, 0.25) is 0 Å². The first-order chi connectivity index (χ1) is 4.41. The molecule has 0 heteroatoms. The second kappa shape index (κ2) is 10.9. The summed E-state index contributed by atoms with van der Waals surface area (Å²) in [5.41, 5.74) is 0.